The second-order valence-electron chi connectivity index (χ2n) is 6.81. The van der Waals surface area contributed by atoms with Gasteiger partial charge in [0.1, 0.15) is 0 Å². The molecule has 7 N–H and O–H groups in total. The Bertz CT molecular complexity index is 518. The van der Waals surface area contributed by atoms with Crippen LogP contribution in [0.3, 0.4) is 0 Å². The van der Waals surface area contributed by atoms with Gasteiger partial charge in [-0.05, 0) is 38.6 Å². The highest BCUT2D eigenvalue weighted by molar-refractivity contribution is 8.00. The number of nitrogens with two attached hydrogens (primary N) is 2. The predicted molar refractivity (Wildman–Crippen MR) is 96.4 cm³/mol. The number of Topliss-reactive ketones (excluding diaryl/α,β-unsaturated/α-hetero) is 1. The molecule has 2 aliphatic heterocycles. The summed E-state index contributed by atoms with van der Waals surface area (Å²) in [5, 5.41) is 15.5. The Morgan fingerprint density at radius 1 is 1.24 bits per heavy atom. The summed E-state index contributed by atoms with van der Waals surface area (Å²) in [4.78, 5) is 35.1. The van der Waals surface area contributed by atoms with Crippen LogP contribution in [-0.2, 0) is 9.59 Å². The number of thioether (sulfide) groups is 1. The fourth-order valence-corrected chi connectivity index (χ4v) is 4.95. The summed E-state index contributed by atoms with van der Waals surface area (Å²) in [5.74, 6) is -0.771. The van der Waals surface area contributed by atoms with Gasteiger partial charge in [0.25, 0.3) is 0 Å². The van der Waals surface area contributed by atoms with E-state index < -0.39 is 17.3 Å². The van der Waals surface area contributed by atoms with E-state index in [4.69, 9.17) is 11.5 Å². The van der Waals surface area contributed by atoms with Gasteiger partial charge in [0.05, 0.1) is 12.1 Å². The molecule has 8 nitrogen and oxygen atoms in total. The highest BCUT2D eigenvalue weighted by Crippen LogP contribution is 2.33. The normalized spacial score (nSPS) is 27.3. The Balaban J connectivity index is 1.73. The van der Waals surface area contributed by atoms with E-state index in [1.54, 1.807) is 0 Å². The fourth-order valence-electron chi connectivity index (χ4n) is 3.41. The van der Waals surface area contributed by atoms with Crippen molar-refractivity contribution in [2.75, 3.05) is 12.3 Å². The Hall–Kier alpha value is -1.32. The van der Waals surface area contributed by atoms with Crippen molar-refractivity contribution in [2.45, 2.75) is 67.8 Å². The van der Waals surface area contributed by atoms with Crippen LogP contribution < -0.4 is 22.1 Å². The lowest BCUT2D eigenvalue weighted by molar-refractivity contribution is -0.148. The molecule has 0 radical (unpaired) electrons. The molecule has 0 aliphatic carbocycles. The van der Waals surface area contributed by atoms with Crippen LogP contribution in [0.15, 0.2) is 0 Å². The highest BCUT2D eigenvalue weighted by atomic mass is 32.2. The van der Waals surface area contributed by atoms with Crippen LogP contribution in [0.2, 0.25) is 0 Å². The zero-order valence-electron chi connectivity index (χ0n) is 14.3. The first kappa shape index (κ1) is 20.0. The third-order valence-corrected chi connectivity index (χ3v) is 6.49. The van der Waals surface area contributed by atoms with E-state index in [1.165, 1.54) is 0 Å². The molecule has 0 saturated carbocycles. The molecule has 2 amide bonds. The van der Waals surface area contributed by atoms with Crippen LogP contribution in [0.4, 0.5) is 4.79 Å². The molecule has 142 valence electrons. The average Bonchev–Trinajstić information content (AvgIpc) is 3.10. The number of carboxylic acid groups (broad SMARTS) is 1. The van der Waals surface area contributed by atoms with Gasteiger partial charge in [-0.15, -0.1) is 0 Å². The zero-order valence-corrected chi connectivity index (χ0v) is 15.1. The quantitative estimate of drug-likeness (QED) is 0.197. The minimum Gasteiger partial charge on any atom is -0.480 e. The molecule has 2 rings (SSSR count). The van der Waals surface area contributed by atoms with Gasteiger partial charge in [-0.3, -0.25) is 4.79 Å². The summed E-state index contributed by atoms with van der Waals surface area (Å²) in [6.07, 6.45) is 3.78. The lowest BCUT2D eigenvalue weighted by Gasteiger charge is -2.23. The maximum atomic E-state index is 12.3. The van der Waals surface area contributed by atoms with Crippen molar-refractivity contribution in [3.8, 4) is 0 Å². The van der Waals surface area contributed by atoms with Gasteiger partial charge in [-0.1, -0.05) is 6.42 Å². The highest BCUT2D eigenvalue weighted by Gasteiger charge is 2.43. The third-order valence-electron chi connectivity index (χ3n) is 4.99. The molecule has 9 heteroatoms. The number of fused-ring (bicyclic) bond motifs is 1. The number of aliphatic carboxylic acids is 1. The van der Waals surface area contributed by atoms with E-state index in [9.17, 15) is 19.5 Å². The van der Waals surface area contributed by atoms with Crippen LogP contribution >= 0.6 is 11.8 Å². The molecule has 0 unspecified atom stereocenters. The summed E-state index contributed by atoms with van der Waals surface area (Å²) in [5.41, 5.74) is 9.47. The van der Waals surface area contributed by atoms with Gasteiger partial charge in [0.15, 0.2) is 11.3 Å². The van der Waals surface area contributed by atoms with Crippen LogP contribution in [0.5, 0.6) is 0 Å². The van der Waals surface area contributed by atoms with Gasteiger partial charge in [0, 0.05) is 17.4 Å². The monoisotopic (exact) mass is 372 g/mol. The zero-order chi connectivity index (χ0) is 18.4. The van der Waals surface area contributed by atoms with Gasteiger partial charge < -0.3 is 27.2 Å². The summed E-state index contributed by atoms with van der Waals surface area (Å²) in [7, 11) is 0. The van der Waals surface area contributed by atoms with Gasteiger partial charge in [-0.25, -0.2) is 9.59 Å². The average molecular weight is 372 g/mol. The SMILES string of the molecule is NCCCC[C@](N)(C(=O)O)C(=O)CCCC[C@@H]1SC[C@@H]2NC(=O)N[C@@H]21. The maximum Gasteiger partial charge on any atom is 0.331 e. The van der Waals surface area contributed by atoms with E-state index >= 15 is 0 Å². The van der Waals surface area contributed by atoms with E-state index in [1.807, 2.05) is 11.8 Å². The van der Waals surface area contributed by atoms with E-state index in [0.717, 1.165) is 18.6 Å². The fraction of sp³-hybridized carbons (Fsp3) is 0.812. The first-order chi connectivity index (χ1) is 11.9. The molecule has 2 fully saturated rings. The number of hydrogen-bond acceptors (Lipinski definition) is 6. The van der Waals surface area contributed by atoms with Crippen molar-refractivity contribution in [3.05, 3.63) is 0 Å². The second-order valence-corrected chi connectivity index (χ2v) is 8.09. The first-order valence-electron chi connectivity index (χ1n) is 8.82. The Kier molecular flexibility index (Phi) is 7.09. The topological polar surface area (TPSA) is 148 Å². The van der Waals surface area contributed by atoms with Crippen molar-refractivity contribution in [3.63, 3.8) is 0 Å². The van der Waals surface area contributed by atoms with Crippen molar-refractivity contribution in [1.29, 1.82) is 0 Å². The van der Waals surface area contributed by atoms with E-state index in [-0.39, 0.29) is 31.0 Å². The van der Waals surface area contributed by atoms with Gasteiger partial charge in [0.2, 0.25) is 0 Å². The molecular weight excluding hydrogens is 344 g/mol. The molecule has 0 spiro atoms. The van der Waals surface area contributed by atoms with Crippen LogP contribution in [0.25, 0.3) is 0 Å². The first-order valence-corrected chi connectivity index (χ1v) is 9.87. The van der Waals surface area contributed by atoms with E-state index in [2.05, 4.69) is 10.6 Å². The molecule has 2 heterocycles. The molecule has 2 saturated heterocycles. The summed E-state index contributed by atoms with van der Waals surface area (Å²) >= 11 is 1.83. The van der Waals surface area contributed by atoms with Gasteiger partial charge in [-0.2, -0.15) is 11.8 Å². The molecule has 0 aromatic carbocycles. The van der Waals surface area contributed by atoms with Crippen LogP contribution in [0, 0.1) is 0 Å². The number of hydrogen-bond donors (Lipinski definition) is 5. The molecule has 2 aliphatic rings. The lowest BCUT2D eigenvalue weighted by Crippen LogP contribution is -2.54. The Morgan fingerprint density at radius 2 is 2.00 bits per heavy atom. The maximum absolute atomic E-state index is 12.3. The minimum atomic E-state index is -1.80. The molecule has 4 atom stereocenters. The number of amides is 2. The standard InChI is InChI=1S/C16H28N4O4S/c17-8-4-3-7-16(18,14(22)23)12(21)6-2-1-5-11-13-10(9-25-11)19-15(24)20-13/h10-11,13H,1-9,17-18H2,(H,22,23)(H2,19,20,24)/t10-,11-,13-,16+/m0/s1. The number of unbranched alkanes of at least 4 members (excludes halogenated alkanes) is 2. The Labute approximate surface area is 151 Å². The number of nitrogens with one attached hydrogen (secondary N) is 2. The largest absolute Gasteiger partial charge is 0.480 e. The van der Waals surface area contributed by atoms with Crippen molar-refractivity contribution < 1.29 is 19.5 Å². The van der Waals surface area contributed by atoms with Crippen LogP contribution in [0.1, 0.15) is 44.9 Å². The number of carbonyl (C=O) groups is 3. The second kappa shape index (κ2) is 8.86. The molecule has 0 bridgehead atoms. The summed E-state index contributed by atoms with van der Waals surface area (Å²) in [6.45, 7) is 0.455. The number of rotatable bonds is 11. The number of carbonyl (C=O) groups excluding carboxylic acids is 2. The molecule has 0 aromatic heterocycles. The summed E-state index contributed by atoms with van der Waals surface area (Å²) < 4.78 is 0. The predicted octanol–water partition coefficient (Wildman–Crippen LogP) is 0.192. The molecular formula is C16H28N4O4S. The summed E-state index contributed by atoms with van der Waals surface area (Å²) in [6, 6.07) is 0.231. The lowest BCUT2D eigenvalue weighted by atomic mass is 9.86. The molecule has 25 heavy (non-hydrogen) atoms. The third kappa shape index (κ3) is 4.86. The van der Waals surface area contributed by atoms with Crippen molar-refractivity contribution >= 4 is 29.5 Å². The Morgan fingerprint density at radius 3 is 2.68 bits per heavy atom. The number of carboxylic acids is 1. The van der Waals surface area contributed by atoms with Crippen LogP contribution in [-0.4, -0.2) is 58.1 Å². The van der Waals surface area contributed by atoms with E-state index in [0.29, 0.717) is 31.1 Å². The smallest absolute Gasteiger partial charge is 0.331 e. The van der Waals surface area contributed by atoms with Crippen molar-refractivity contribution in [1.82, 2.24) is 10.6 Å². The molecule has 0 aromatic rings. The van der Waals surface area contributed by atoms with Gasteiger partial charge >= 0.3 is 12.0 Å². The number of urea groups is 1. The van der Waals surface area contributed by atoms with Crippen molar-refractivity contribution in [2.24, 2.45) is 11.5 Å². The minimum absolute atomic E-state index is 0.109. The number of ketones is 1.